The van der Waals surface area contributed by atoms with E-state index in [2.05, 4.69) is 9.84 Å². The Morgan fingerprint density at radius 3 is 2.52 bits per heavy atom. The molecular weight excluding hydrogens is 377 g/mol. The molecule has 0 heterocycles. The van der Waals surface area contributed by atoms with Gasteiger partial charge in [-0.05, 0) is 5.56 Å². The Morgan fingerprint density at radius 1 is 1.26 bits per heavy atom. The summed E-state index contributed by atoms with van der Waals surface area (Å²) in [6.45, 7) is -0.0142. The molecule has 4 N–H and O–H groups in total. The van der Waals surface area contributed by atoms with Gasteiger partial charge in [-0.1, -0.05) is 30.3 Å². The Labute approximate surface area is 147 Å². The summed E-state index contributed by atoms with van der Waals surface area (Å²) in [5.41, 5.74) is 5.95. The van der Waals surface area contributed by atoms with Gasteiger partial charge < -0.3 is 25.2 Å². The molecule has 124 valence electrons. The van der Waals surface area contributed by atoms with Crippen LogP contribution in [0.4, 0.5) is 4.79 Å². The molecular formula is C13H19N2O6PZn. The van der Waals surface area contributed by atoms with Crippen molar-refractivity contribution in [3.63, 3.8) is 0 Å². The minimum absolute atomic E-state index is 0. The molecule has 8 nitrogen and oxygen atoms in total. The fourth-order valence-corrected chi connectivity index (χ4v) is 2.28. The van der Waals surface area contributed by atoms with Crippen LogP contribution in [0.3, 0.4) is 0 Å². The van der Waals surface area contributed by atoms with Gasteiger partial charge in [0.15, 0.2) is 0 Å². The summed E-state index contributed by atoms with van der Waals surface area (Å²) in [6.07, 6.45) is -1.23. The van der Waals surface area contributed by atoms with Gasteiger partial charge >= 0.3 is 19.7 Å². The summed E-state index contributed by atoms with van der Waals surface area (Å²) in [4.78, 5) is 31.9. The molecule has 23 heavy (non-hydrogen) atoms. The standard InChI is InChI=1S/C13H19N2O6P.Zn/c14-7-9-22(18,19)21-12(16)6-8-15-13(17)20-10-11-4-2-1-3-5-11;/h1-5H,6-10,14H2,(H,15,17)(H,18,19);. The molecule has 10 heteroatoms. The SMILES string of the molecule is NCCP(=O)(O)OC(=O)CCNC(=O)OCc1ccccc1.[Zn]. The van der Waals surface area contributed by atoms with Crippen molar-refractivity contribution in [3.05, 3.63) is 35.9 Å². The smallest absolute Gasteiger partial charge is 0.407 e. The monoisotopic (exact) mass is 394 g/mol. The van der Waals surface area contributed by atoms with Crippen LogP contribution in [0, 0.1) is 0 Å². The molecule has 0 aliphatic carbocycles. The van der Waals surface area contributed by atoms with Crippen LogP contribution < -0.4 is 11.1 Å². The average Bonchev–Trinajstić information content (AvgIpc) is 2.45. The number of hydrogen-bond donors (Lipinski definition) is 3. The van der Waals surface area contributed by atoms with E-state index in [1.807, 2.05) is 18.2 Å². The fourth-order valence-electron chi connectivity index (χ4n) is 1.45. The van der Waals surface area contributed by atoms with Crippen LogP contribution in [0.2, 0.25) is 0 Å². The van der Waals surface area contributed by atoms with Gasteiger partial charge in [-0.25, -0.2) is 9.36 Å². The second-order valence-electron chi connectivity index (χ2n) is 4.35. The van der Waals surface area contributed by atoms with E-state index in [0.29, 0.717) is 0 Å². The van der Waals surface area contributed by atoms with Crippen molar-refractivity contribution in [3.8, 4) is 0 Å². The number of benzene rings is 1. The van der Waals surface area contributed by atoms with Gasteiger partial charge in [0.25, 0.3) is 0 Å². The Kier molecular flexibility index (Phi) is 10.7. The molecule has 1 unspecified atom stereocenters. The Bertz CT molecular complexity index is 543. The molecule has 0 bridgehead atoms. The first-order chi connectivity index (χ1) is 10.4. The summed E-state index contributed by atoms with van der Waals surface area (Å²) in [7, 11) is -3.98. The second kappa shape index (κ2) is 11.3. The van der Waals surface area contributed by atoms with E-state index >= 15 is 0 Å². The van der Waals surface area contributed by atoms with Crippen LogP contribution in [0.5, 0.6) is 0 Å². The van der Waals surface area contributed by atoms with Crippen molar-refractivity contribution in [2.24, 2.45) is 5.73 Å². The van der Waals surface area contributed by atoms with Gasteiger partial charge in [0, 0.05) is 32.6 Å². The first kappa shape index (κ1) is 21.7. The zero-order valence-electron chi connectivity index (χ0n) is 12.6. The molecule has 0 saturated heterocycles. The normalized spacial score (nSPS) is 12.4. The Balaban J connectivity index is 0.00000484. The number of carbonyl (C=O) groups excluding carboxylic acids is 2. The van der Waals surface area contributed by atoms with Gasteiger partial charge in [-0.15, -0.1) is 0 Å². The first-order valence-corrected chi connectivity index (χ1v) is 8.38. The maximum Gasteiger partial charge on any atom is 0.407 e. The molecule has 1 aromatic rings. The van der Waals surface area contributed by atoms with Gasteiger partial charge in [0.05, 0.1) is 12.6 Å². The largest absolute Gasteiger partial charge is 0.445 e. The molecule has 0 saturated carbocycles. The maximum absolute atomic E-state index is 11.4. The van der Waals surface area contributed by atoms with Crippen molar-refractivity contribution in [2.45, 2.75) is 13.0 Å². The number of ether oxygens (including phenoxy) is 1. The zero-order valence-corrected chi connectivity index (χ0v) is 16.5. The van der Waals surface area contributed by atoms with Crippen LogP contribution in [0.15, 0.2) is 30.3 Å². The van der Waals surface area contributed by atoms with Gasteiger partial charge in [0.1, 0.15) is 6.61 Å². The number of amides is 1. The van der Waals surface area contributed by atoms with E-state index in [4.69, 9.17) is 10.5 Å². The summed E-state index contributed by atoms with van der Waals surface area (Å²) >= 11 is 0. The first-order valence-electron chi connectivity index (χ1n) is 6.62. The molecule has 1 amide bonds. The number of hydrogen-bond acceptors (Lipinski definition) is 6. The number of nitrogens with two attached hydrogens (primary N) is 1. The third kappa shape index (κ3) is 10.2. The molecule has 0 aliphatic heterocycles. The Hall–Kier alpha value is -1.27. The molecule has 0 aromatic heterocycles. The predicted octanol–water partition coefficient (Wildman–Crippen LogP) is 0.988. The molecule has 0 fully saturated rings. The molecule has 0 aliphatic rings. The van der Waals surface area contributed by atoms with Crippen molar-refractivity contribution in [2.75, 3.05) is 19.3 Å². The number of alkyl carbamates (subject to hydrolysis) is 1. The fraction of sp³-hybridized carbons (Fsp3) is 0.385. The van der Waals surface area contributed by atoms with E-state index in [1.54, 1.807) is 12.1 Å². The van der Waals surface area contributed by atoms with Crippen molar-refractivity contribution < 1.29 is 47.8 Å². The molecule has 0 radical (unpaired) electrons. The number of rotatable bonds is 8. The molecule has 1 aromatic carbocycles. The van der Waals surface area contributed by atoms with Crippen LogP contribution in [0.1, 0.15) is 12.0 Å². The van der Waals surface area contributed by atoms with E-state index in [1.165, 1.54) is 0 Å². The van der Waals surface area contributed by atoms with E-state index in [-0.39, 0.29) is 51.8 Å². The maximum atomic E-state index is 11.4. The van der Waals surface area contributed by atoms with Crippen LogP contribution in [-0.2, 0) is 44.7 Å². The van der Waals surface area contributed by atoms with E-state index in [0.717, 1.165) is 5.56 Å². The zero-order chi connectivity index (χ0) is 16.4. The molecule has 1 rings (SSSR count). The predicted molar refractivity (Wildman–Crippen MR) is 79.1 cm³/mol. The van der Waals surface area contributed by atoms with Crippen molar-refractivity contribution in [1.29, 1.82) is 0 Å². The average molecular weight is 396 g/mol. The minimum atomic E-state index is -3.98. The molecule has 0 spiro atoms. The minimum Gasteiger partial charge on any atom is -0.445 e. The summed E-state index contributed by atoms with van der Waals surface area (Å²) in [6, 6.07) is 9.10. The third-order valence-corrected chi connectivity index (χ3v) is 3.78. The van der Waals surface area contributed by atoms with Crippen LogP contribution >= 0.6 is 7.60 Å². The Morgan fingerprint density at radius 2 is 1.91 bits per heavy atom. The van der Waals surface area contributed by atoms with Gasteiger partial charge in [-0.2, -0.15) is 0 Å². The van der Waals surface area contributed by atoms with Gasteiger partial charge in [0.2, 0.25) is 0 Å². The summed E-state index contributed by atoms with van der Waals surface area (Å²) in [5, 5.41) is 2.34. The van der Waals surface area contributed by atoms with E-state index < -0.39 is 19.7 Å². The molecule has 1 atom stereocenters. The third-order valence-electron chi connectivity index (χ3n) is 2.47. The summed E-state index contributed by atoms with van der Waals surface area (Å²) in [5.74, 6) is -0.886. The van der Waals surface area contributed by atoms with Crippen molar-refractivity contribution >= 4 is 19.7 Å². The van der Waals surface area contributed by atoms with Crippen LogP contribution in [0.25, 0.3) is 0 Å². The quantitative estimate of drug-likeness (QED) is 0.442. The summed E-state index contributed by atoms with van der Waals surface area (Å²) < 4.78 is 20.6. The van der Waals surface area contributed by atoms with E-state index in [9.17, 15) is 19.0 Å². The second-order valence-corrected chi connectivity index (χ2v) is 6.26. The van der Waals surface area contributed by atoms with Crippen molar-refractivity contribution in [1.82, 2.24) is 5.32 Å². The van der Waals surface area contributed by atoms with Crippen LogP contribution in [-0.4, -0.2) is 36.2 Å². The van der Waals surface area contributed by atoms with Gasteiger partial charge in [-0.3, -0.25) is 4.79 Å². The number of nitrogens with one attached hydrogen (secondary N) is 1. The topological polar surface area (TPSA) is 128 Å². The number of carbonyl (C=O) groups is 2.